The number of hydrogen-bond acceptors (Lipinski definition) is 4. The van der Waals surface area contributed by atoms with Crippen LogP contribution in [-0.4, -0.2) is 27.9 Å². The van der Waals surface area contributed by atoms with Gasteiger partial charge in [-0.2, -0.15) is 0 Å². The molecule has 2 N–H and O–H groups in total. The van der Waals surface area contributed by atoms with E-state index < -0.39 is 7.12 Å². The van der Waals surface area contributed by atoms with Gasteiger partial charge in [0.05, 0.1) is 0 Å². The molecular weight excluding hydrogens is 216 g/mol. The second-order valence-electron chi connectivity index (χ2n) is 3.14. The molecule has 0 saturated heterocycles. The fourth-order valence-corrected chi connectivity index (χ4v) is 1.39. The molecule has 0 spiro atoms. The molecule has 0 unspecified atom stereocenters. The summed E-state index contributed by atoms with van der Waals surface area (Å²) >= 11 is 5.76. The topological polar surface area (TPSA) is 70.4 Å². The van der Waals surface area contributed by atoms with Crippen LogP contribution in [0.3, 0.4) is 0 Å². The third-order valence-electron chi connectivity index (χ3n) is 1.92. The van der Waals surface area contributed by atoms with Crippen LogP contribution in [0.15, 0.2) is 12.3 Å². The molecule has 0 saturated carbocycles. The van der Waals surface area contributed by atoms with E-state index in [1.165, 1.54) is 12.3 Å². The molecule has 0 amide bonds. The lowest BCUT2D eigenvalue weighted by atomic mass is 9.81. The highest BCUT2D eigenvalue weighted by Crippen LogP contribution is 2.09. The molecule has 0 aliphatic rings. The van der Waals surface area contributed by atoms with Crippen molar-refractivity contribution >= 4 is 30.0 Å². The van der Waals surface area contributed by atoms with Gasteiger partial charge in [-0.15, -0.1) is 0 Å². The Labute approximate surface area is 93.1 Å². The SMILES string of the molecule is CCCC(=O)c1cc(Cl)c(B(O)O)cn1. The fraction of sp³-hybridized carbons (Fsp3) is 0.333. The zero-order valence-corrected chi connectivity index (χ0v) is 9.03. The van der Waals surface area contributed by atoms with E-state index in [1.807, 2.05) is 6.92 Å². The average Bonchev–Trinajstić information content (AvgIpc) is 2.17. The van der Waals surface area contributed by atoms with Crippen LogP contribution in [0.2, 0.25) is 5.02 Å². The van der Waals surface area contributed by atoms with Gasteiger partial charge in [-0.1, -0.05) is 18.5 Å². The summed E-state index contributed by atoms with van der Waals surface area (Å²) in [6, 6.07) is 1.36. The molecule has 4 nitrogen and oxygen atoms in total. The standard InChI is InChI=1S/C9H11BClNO3/c1-2-3-9(13)8-4-7(11)6(5-12-8)10(14)15/h4-5,14-15H,2-3H2,1H3. The van der Waals surface area contributed by atoms with Crippen molar-refractivity contribution in [1.82, 2.24) is 4.98 Å². The molecule has 1 aromatic heterocycles. The second kappa shape index (κ2) is 5.25. The van der Waals surface area contributed by atoms with Gasteiger partial charge >= 0.3 is 7.12 Å². The Hall–Kier alpha value is -0.905. The van der Waals surface area contributed by atoms with Crippen molar-refractivity contribution < 1.29 is 14.8 Å². The first kappa shape index (κ1) is 12.2. The van der Waals surface area contributed by atoms with Gasteiger partial charge in [0, 0.05) is 23.1 Å². The first-order valence-electron chi connectivity index (χ1n) is 4.61. The summed E-state index contributed by atoms with van der Waals surface area (Å²) in [6.07, 6.45) is 2.35. The molecule has 0 bridgehead atoms. The number of nitrogens with zero attached hydrogens (tertiary/aromatic N) is 1. The first-order chi connectivity index (χ1) is 7.06. The van der Waals surface area contributed by atoms with Crippen molar-refractivity contribution in [3.8, 4) is 0 Å². The number of halogens is 1. The molecular formula is C9H11BClNO3. The molecule has 1 heterocycles. The highest BCUT2D eigenvalue weighted by molar-refractivity contribution is 6.62. The number of rotatable bonds is 4. The lowest BCUT2D eigenvalue weighted by molar-refractivity contribution is 0.0977. The van der Waals surface area contributed by atoms with E-state index in [4.69, 9.17) is 21.6 Å². The summed E-state index contributed by atoms with van der Waals surface area (Å²) in [4.78, 5) is 15.3. The van der Waals surface area contributed by atoms with Crippen LogP contribution < -0.4 is 5.46 Å². The zero-order chi connectivity index (χ0) is 11.4. The van der Waals surface area contributed by atoms with Crippen LogP contribution in [-0.2, 0) is 0 Å². The number of aromatic nitrogens is 1. The van der Waals surface area contributed by atoms with Gasteiger partial charge in [0.1, 0.15) is 5.69 Å². The maximum atomic E-state index is 11.4. The lowest BCUT2D eigenvalue weighted by Crippen LogP contribution is -2.31. The summed E-state index contributed by atoms with van der Waals surface area (Å²) in [6.45, 7) is 1.89. The Bertz CT molecular complexity index is 370. The predicted molar refractivity (Wildman–Crippen MR) is 58.3 cm³/mol. The van der Waals surface area contributed by atoms with Gasteiger partial charge in [0.15, 0.2) is 5.78 Å². The number of pyridine rings is 1. The van der Waals surface area contributed by atoms with Crippen molar-refractivity contribution in [2.24, 2.45) is 0 Å². The Morgan fingerprint density at radius 1 is 1.60 bits per heavy atom. The van der Waals surface area contributed by atoms with Crippen molar-refractivity contribution in [2.45, 2.75) is 19.8 Å². The van der Waals surface area contributed by atoms with E-state index in [0.29, 0.717) is 6.42 Å². The zero-order valence-electron chi connectivity index (χ0n) is 8.27. The maximum Gasteiger partial charge on any atom is 0.491 e. The van der Waals surface area contributed by atoms with Crippen molar-refractivity contribution in [2.75, 3.05) is 0 Å². The van der Waals surface area contributed by atoms with Gasteiger partial charge in [0.25, 0.3) is 0 Å². The second-order valence-corrected chi connectivity index (χ2v) is 3.55. The molecule has 0 atom stereocenters. The van der Waals surface area contributed by atoms with Gasteiger partial charge < -0.3 is 10.0 Å². The van der Waals surface area contributed by atoms with Crippen LogP contribution in [0.1, 0.15) is 30.3 Å². The van der Waals surface area contributed by atoms with E-state index in [-0.39, 0.29) is 22.0 Å². The number of Topliss-reactive ketones (excluding diaryl/α,β-unsaturated/α-hetero) is 1. The fourth-order valence-electron chi connectivity index (χ4n) is 1.14. The number of carbonyl (C=O) groups excluding carboxylic acids is 1. The largest absolute Gasteiger partial charge is 0.491 e. The minimum atomic E-state index is -1.67. The molecule has 0 fully saturated rings. The quantitative estimate of drug-likeness (QED) is 0.577. The van der Waals surface area contributed by atoms with Gasteiger partial charge in [-0.3, -0.25) is 9.78 Å². The van der Waals surface area contributed by atoms with Gasteiger partial charge in [-0.25, -0.2) is 0 Å². The van der Waals surface area contributed by atoms with Crippen molar-refractivity contribution in [1.29, 1.82) is 0 Å². The molecule has 1 aromatic rings. The minimum Gasteiger partial charge on any atom is -0.423 e. The smallest absolute Gasteiger partial charge is 0.423 e. The van der Waals surface area contributed by atoms with Crippen LogP contribution in [0.5, 0.6) is 0 Å². The molecule has 6 heteroatoms. The van der Waals surface area contributed by atoms with E-state index in [0.717, 1.165) is 6.42 Å². The molecule has 0 radical (unpaired) electrons. The Balaban J connectivity index is 2.96. The summed E-state index contributed by atoms with van der Waals surface area (Å²) in [7, 11) is -1.67. The Morgan fingerprint density at radius 3 is 2.73 bits per heavy atom. The van der Waals surface area contributed by atoms with Crippen LogP contribution in [0.25, 0.3) is 0 Å². The molecule has 0 aliphatic heterocycles. The molecule has 15 heavy (non-hydrogen) atoms. The number of hydrogen-bond donors (Lipinski definition) is 2. The number of ketones is 1. The summed E-state index contributed by atoms with van der Waals surface area (Å²) in [5.41, 5.74) is 0.357. The van der Waals surface area contributed by atoms with E-state index in [9.17, 15) is 4.79 Å². The van der Waals surface area contributed by atoms with Crippen LogP contribution in [0, 0.1) is 0 Å². The summed E-state index contributed by atoms with van der Waals surface area (Å²) in [5, 5.41) is 17.9. The lowest BCUT2D eigenvalue weighted by Gasteiger charge is -2.04. The molecule has 0 aromatic carbocycles. The average molecular weight is 227 g/mol. The van der Waals surface area contributed by atoms with E-state index >= 15 is 0 Å². The Kier molecular flexibility index (Phi) is 4.26. The molecule has 0 aliphatic carbocycles. The summed E-state index contributed by atoms with van der Waals surface area (Å²) in [5.74, 6) is -0.0987. The highest BCUT2D eigenvalue weighted by atomic mass is 35.5. The maximum absolute atomic E-state index is 11.4. The summed E-state index contributed by atoms with van der Waals surface area (Å²) < 4.78 is 0. The van der Waals surface area contributed by atoms with Crippen LogP contribution in [0.4, 0.5) is 0 Å². The number of carbonyl (C=O) groups is 1. The van der Waals surface area contributed by atoms with Crippen LogP contribution >= 0.6 is 11.6 Å². The Morgan fingerprint density at radius 2 is 2.27 bits per heavy atom. The highest BCUT2D eigenvalue weighted by Gasteiger charge is 2.17. The first-order valence-corrected chi connectivity index (χ1v) is 4.98. The molecule has 80 valence electrons. The van der Waals surface area contributed by atoms with E-state index in [2.05, 4.69) is 4.98 Å². The normalized spacial score (nSPS) is 10.1. The van der Waals surface area contributed by atoms with Crippen molar-refractivity contribution in [3.05, 3.63) is 23.0 Å². The van der Waals surface area contributed by atoms with Gasteiger partial charge in [0.2, 0.25) is 0 Å². The minimum absolute atomic E-state index is 0.0987. The third-order valence-corrected chi connectivity index (χ3v) is 2.25. The monoisotopic (exact) mass is 227 g/mol. The van der Waals surface area contributed by atoms with Crippen molar-refractivity contribution in [3.63, 3.8) is 0 Å². The predicted octanol–water partition coefficient (Wildman–Crippen LogP) is 0.398. The van der Waals surface area contributed by atoms with Gasteiger partial charge in [-0.05, 0) is 12.5 Å². The molecule has 1 rings (SSSR count). The van der Waals surface area contributed by atoms with E-state index in [1.54, 1.807) is 0 Å². The third kappa shape index (κ3) is 3.02.